The molecule has 0 aliphatic carbocycles. The van der Waals surface area contributed by atoms with Crippen molar-refractivity contribution in [1.29, 1.82) is 0 Å². The van der Waals surface area contributed by atoms with E-state index in [0.29, 0.717) is 5.92 Å². The van der Waals surface area contributed by atoms with Gasteiger partial charge in [-0.15, -0.1) is 0 Å². The van der Waals surface area contributed by atoms with Gasteiger partial charge in [0.2, 0.25) is 0 Å². The summed E-state index contributed by atoms with van der Waals surface area (Å²) in [6.07, 6.45) is 5.14. The Labute approximate surface area is 92.9 Å². The van der Waals surface area contributed by atoms with Crippen molar-refractivity contribution in [3.05, 3.63) is 29.6 Å². The van der Waals surface area contributed by atoms with Gasteiger partial charge in [-0.25, -0.2) is 0 Å². The third-order valence-corrected chi connectivity index (χ3v) is 2.63. The zero-order chi connectivity index (χ0) is 11.3. The average molecular weight is 206 g/mol. The van der Waals surface area contributed by atoms with Gasteiger partial charge in [-0.1, -0.05) is 19.9 Å². The van der Waals surface area contributed by atoms with Crippen molar-refractivity contribution in [2.24, 2.45) is 11.7 Å². The topological polar surface area (TPSA) is 38.9 Å². The van der Waals surface area contributed by atoms with Gasteiger partial charge in [0.05, 0.1) is 0 Å². The Morgan fingerprint density at radius 2 is 2.07 bits per heavy atom. The predicted molar refractivity (Wildman–Crippen MR) is 64.7 cm³/mol. The van der Waals surface area contributed by atoms with Gasteiger partial charge in [0.15, 0.2) is 0 Å². The second kappa shape index (κ2) is 5.86. The molecule has 1 aromatic rings. The van der Waals surface area contributed by atoms with Gasteiger partial charge in [0.25, 0.3) is 0 Å². The lowest BCUT2D eigenvalue weighted by atomic mass is 9.97. The second-order valence-electron chi connectivity index (χ2n) is 4.53. The molecule has 2 nitrogen and oxygen atoms in total. The van der Waals surface area contributed by atoms with Crippen LogP contribution in [0.4, 0.5) is 0 Å². The summed E-state index contributed by atoms with van der Waals surface area (Å²) in [5, 5.41) is 0. The first-order chi connectivity index (χ1) is 7.11. The van der Waals surface area contributed by atoms with Gasteiger partial charge in [-0.2, -0.15) is 0 Å². The molecule has 2 unspecified atom stereocenters. The lowest BCUT2D eigenvalue weighted by Crippen LogP contribution is -2.19. The molecule has 0 spiro atoms. The van der Waals surface area contributed by atoms with E-state index in [0.717, 1.165) is 19.3 Å². The molecule has 1 aromatic heterocycles. The zero-order valence-corrected chi connectivity index (χ0v) is 10.0. The predicted octanol–water partition coefficient (Wildman–Crippen LogP) is 2.56. The Morgan fingerprint density at radius 1 is 1.33 bits per heavy atom. The Hall–Kier alpha value is -0.890. The van der Waals surface area contributed by atoms with Crippen molar-refractivity contribution >= 4 is 0 Å². The fraction of sp³-hybridized carbons (Fsp3) is 0.615. The minimum atomic E-state index is 0.287. The van der Waals surface area contributed by atoms with Crippen LogP contribution in [0.3, 0.4) is 0 Å². The van der Waals surface area contributed by atoms with Gasteiger partial charge in [-0.3, -0.25) is 4.98 Å². The van der Waals surface area contributed by atoms with Crippen LogP contribution >= 0.6 is 0 Å². The van der Waals surface area contributed by atoms with E-state index < -0.39 is 0 Å². The molecule has 0 amide bonds. The molecular formula is C13H22N2. The van der Waals surface area contributed by atoms with E-state index >= 15 is 0 Å². The summed E-state index contributed by atoms with van der Waals surface area (Å²) in [4.78, 5) is 4.46. The zero-order valence-electron chi connectivity index (χ0n) is 10.0. The number of hydrogen-bond acceptors (Lipinski definition) is 2. The van der Waals surface area contributed by atoms with Crippen LogP contribution in [0.1, 0.15) is 38.4 Å². The molecule has 2 heteroatoms. The Kier molecular flexibility index (Phi) is 4.76. The molecule has 84 valence electrons. The Morgan fingerprint density at radius 3 is 2.53 bits per heavy atom. The summed E-state index contributed by atoms with van der Waals surface area (Å²) in [6, 6.07) is 4.59. The number of nitrogens with zero attached hydrogens (tertiary/aromatic N) is 1. The van der Waals surface area contributed by atoms with Crippen molar-refractivity contribution in [3.8, 4) is 0 Å². The molecule has 0 aliphatic rings. The standard InChI is InChI=1S/C13H22N2/c1-4-12-5-6-13(15-9-12)8-10(2)7-11(3)14/h5-6,9-11H,4,7-8,14H2,1-3H3. The van der Waals surface area contributed by atoms with E-state index in [1.807, 2.05) is 6.20 Å². The number of aromatic nitrogens is 1. The van der Waals surface area contributed by atoms with Gasteiger partial charge < -0.3 is 5.73 Å². The van der Waals surface area contributed by atoms with Crippen molar-refractivity contribution in [1.82, 2.24) is 4.98 Å². The van der Waals surface area contributed by atoms with Crippen molar-refractivity contribution in [2.75, 3.05) is 0 Å². The Balaban J connectivity index is 2.49. The van der Waals surface area contributed by atoms with Crippen LogP contribution in [-0.2, 0) is 12.8 Å². The smallest absolute Gasteiger partial charge is 0.0406 e. The molecule has 0 radical (unpaired) electrons. The largest absolute Gasteiger partial charge is 0.328 e. The normalized spacial score (nSPS) is 14.9. The van der Waals surface area contributed by atoms with E-state index in [4.69, 9.17) is 5.73 Å². The van der Waals surface area contributed by atoms with Crippen molar-refractivity contribution in [3.63, 3.8) is 0 Å². The molecule has 0 fully saturated rings. The van der Waals surface area contributed by atoms with E-state index in [-0.39, 0.29) is 6.04 Å². The molecule has 2 atom stereocenters. The van der Waals surface area contributed by atoms with E-state index in [2.05, 4.69) is 37.9 Å². The molecular weight excluding hydrogens is 184 g/mol. The van der Waals surface area contributed by atoms with E-state index in [1.54, 1.807) is 0 Å². The molecule has 0 aliphatic heterocycles. The third kappa shape index (κ3) is 4.43. The molecule has 0 aromatic carbocycles. The number of pyridine rings is 1. The number of aryl methyl sites for hydroxylation is 1. The fourth-order valence-corrected chi connectivity index (χ4v) is 1.86. The van der Waals surface area contributed by atoms with Gasteiger partial charge in [-0.05, 0) is 43.7 Å². The minimum Gasteiger partial charge on any atom is -0.328 e. The molecule has 15 heavy (non-hydrogen) atoms. The van der Waals surface area contributed by atoms with Gasteiger partial charge in [0, 0.05) is 17.9 Å². The van der Waals surface area contributed by atoms with Crippen LogP contribution in [0, 0.1) is 5.92 Å². The first kappa shape index (κ1) is 12.2. The quantitative estimate of drug-likeness (QED) is 0.804. The molecule has 1 heterocycles. The fourth-order valence-electron chi connectivity index (χ4n) is 1.86. The highest BCUT2D eigenvalue weighted by Gasteiger charge is 2.07. The summed E-state index contributed by atoms with van der Waals surface area (Å²) in [7, 11) is 0. The monoisotopic (exact) mass is 206 g/mol. The van der Waals surface area contributed by atoms with E-state index in [1.165, 1.54) is 11.3 Å². The lowest BCUT2D eigenvalue weighted by Gasteiger charge is -2.13. The first-order valence-electron chi connectivity index (χ1n) is 5.81. The maximum atomic E-state index is 5.77. The summed E-state index contributed by atoms with van der Waals surface area (Å²) < 4.78 is 0. The van der Waals surface area contributed by atoms with Crippen LogP contribution in [0.5, 0.6) is 0 Å². The lowest BCUT2D eigenvalue weighted by molar-refractivity contribution is 0.475. The summed E-state index contributed by atoms with van der Waals surface area (Å²) in [5.41, 5.74) is 8.26. The maximum absolute atomic E-state index is 5.77. The number of nitrogens with two attached hydrogens (primary N) is 1. The third-order valence-electron chi connectivity index (χ3n) is 2.63. The molecule has 0 bridgehead atoms. The molecule has 2 N–H and O–H groups in total. The highest BCUT2D eigenvalue weighted by Crippen LogP contribution is 2.12. The van der Waals surface area contributed by atoms with Crippen LogP contribution in [-0.4, -0.2) is 11.0 Å². The van der Waals surface area contributed by atoms with E-state index in [9.17, 15) is 0 Å². The molecule has 0 saturated carbocycles. The summed E-state index contributed by atoms with van der Waals surface area (Å²) in [6.45, 7) is 6.44. The minimum absolute atomic E-state index is 0.287. The van der Waals surface area contributed by atoms with Gasteiger partial charge >= 0.3 is 0 Å². The van der Waals surface area contributed by atoms with Gasteiger partial charge in [0.1, 0.15) is 0 Å². The summed E-state index contributed by atoms with van der Waals surface area (Å²) in [5.74, 6) is 0.616. The maximum Gasteiger partial charge on any atom is 0.0406 e. The molecule has 0 saturated heterocycles. The number of hydrogen-bond donors (Lipinski definition) is 1. The average Bonchev–Trinajstić information content (AvgIpc) is 2.17. The van der Waals surface area contributed by atoms with Crippen molar-refractivity contribution < 1.29 is 0 Å². The SMILES string of the molecule is CCc1ccc(CC(C)CC(C)N)nc1. The first-order valence-corrected chi connectivity index (χ1v) is 5.81. The van der Waals surface area contributed by atoms with Crippen LogP contribution < -0.4 is 5.73 Å². The van der Waals surface area contributed by atoms with Crippen LogP contribution in [0.25, 0.3) is 0 Å². The molecule has 1 rings (SSSR count). The Bertz CT molecular complexity index is 277. The van der Waals surface area contributed by atoms with Crippen LogP contribution in [0.15, 0.2) is 18.3 Å². The van der Waals surface area contributed by atoms with Crippen molar-refractivity contribution in [2.45, 2.75) is 46.1 Å². The second-order valence-corrected chi connectivity index (χ2v) is 4.53. The highest BCUT2D eigenvalue weighted by molar-refractivity contribution is 5.14. The van der Waals surface area contributed by atoms with Crippen LogP contribution in [0.2, 0.25) is 0 Å². The number of rotatable bonds is 5. The summed E-state index contributed by atoms with van der Waals surface area (Å²) >= 11 is 0. The highest BCUT2D eigenvalue weighted by atomic mass is 14.7.